The zero-order chi connectivity index (χ0) is 15.0. The average molecular weight is 308 g/mol. The summed E-state index contributed by atoms with van der Waals surface area (Å²) in [6.07, 6.45) is 5.67. The molecular weight excluding hydrogens is 290 g/mol. The molecule has 7 heteroatoms. The van der Waals surface area contributed by atoms with E-state index in [-0.39, 0.29) is 5.56 Å². The van der Waals surface area contributed by atoms with E-state index in [4.69, 9.17) is 11.6 Å². The van der Waals surface area contributed by atoms with Gasteiger partial charge in [-0.3, -0.25) is 9.48 Å². The number of aryl methyl sites for hydroxylation is 1. The van der Waals surface area contributed by atoms with Crippen molar-refractivity contribution in [3.8, 4) is 0 Å². The Morgan fingerprint density at radius 2 is 2.14 bits per heavy atom. The summed E-state index contributed by atoms with van der Waals surface area (Å²) in [6, 6.07) is 0. The summed E-state index contributed by atoms with van der Waals surface area (Å²) in [4.78, 5) is 12.4. The van der Waals surface area contributed by atoms with Gasteiger partial charge in [0.1, 0.15) is 5.69 Å². The van der Waals surface area contributed by atoms with Gasteiger partial charge < -0.3 is 5.32 Å². The van der Waals surface area contributed by atoms with E-state index in [1.165, 1.54) is 23.7 Å². The lowest BCUT2D eigenvalue weighted by molar-refractivity contribution is 0.534. The molecule has 0 aromatic carbocycles. The normalized spacial score (nSPS) is 14.4. The number of hydrogen-bond acceptors (Lipinski definition) is 4. The van der Waals surface area contributed by atoms with E-state index in [2.05, 4.69) is 15.5 Å². The van der Waals surface area contributed by atoms with Gasteiger partial charge >= 0.3 is 0 Å². The van der Waals surface area contributed by atoms with E-state index in [1.54, 1.807) is 10.9 Å². The molecule has 1 aliphatic rings. The number of halogens is 1. The van der Waals surface area contributed by atoms with Gasteiger partial charge in [0, 0.05) is 31.4 Å². The smallest absolute Gasteiger partial charge is 0.291 e. The van der Waals surface area contributed by atoms with Crippen molar-refractivity contribution in [1.82, 2.24) is 19.6 Å². The highest BCUT2D eigenvalue weighted by Crippen LogP contribution is 2.30. The number of rotatable bonds is 5. The topological polar surface area (TPSA) is 64.7 Å². The molecule has 1 N–H and O–H groups in total. The molecule has 0 bridgehead atoms. The maximum Gasteiger partial charge on any atom is 0.291 e. The van der Waals surface area contributed by atoms with E-state index in [0.29, 0.717) is 29.7 Å². The van der Waals surface area contributed by atoms with Crippen LogP contribution in [-0.4, -0.2) is 19.6 Å². The number of nitrogens with zero attached hydrogens (tertiary/aromatic N) is 4. The van der Waals surface area contributed by atoms with E-state index in [9.17, 15) is 4.79 Å². The Balaban J connectivity index is 1.80. The Morgan fingerprint density at radius 1 is 1.38 bits per heavy atom. The van der Waals surface area contributed by atoms with Gasteiger partial charge in [0.05, 0.1) is 17.4 Å². The van der Waals surface area contributed by atoms with E-state index >= 15 is 0 Å². The minimum absolute atomic E-state index is 0.157. The van der Waals surface area contributed by atoms with Crippen LogP contribution in [0.25, 0.3) is 0 Å². The van der Waals surface area contributed by atoms with Gasteiger partial charge in [0.25, 0.3) is 5.56 Å². The van der Waals surface area contributed by atoms with Crippen LogP contribution < -0.4 is 10.9 Å². The summed E-state index contributed by atoms with van der Waals surface area (Å²) < 4.78 is 3.30. The minimum atomic E-state index is -0.157. The van der Waals surface area contributed by atoms with Crippen molar-refractivity contribution in [3.63, 3.8) is 0 Å². The van der Waals surface area contributed by atoms with Crippen LogP contribution in [-0.2, 0) is 20.1 Å². The van der Waals surface area contributed by atoms with Crippen LogP contribution in [0, 0.1) is 12.8 Å². The lowest BCUT2D eigenvalue weighted by Crippen LogP contribution is -2.26. The Morgan fingerprint density at radius 3 is 2.76 bits per heavy atom. The van der Waals surface area contributed by atoms with E-state index < -0.39 is 0 Å². The highest BCUT2D eigenvalue weighted by Gasteiger charge is 2.23. The standard InChI is InChI=1S/C14H18ClN5O/c1-9-11(6-17-19(9)2)5-16-13-12(15)7-18-20(14(13)21)8-10-3-4-10/h6-7,10,16H,3-5,8H2,1-2H3. The van der Waals surface area contributed by atoms with Crippen molar-refractivity contribution in [2.75, 3.05) is 5.32 Å². The van der Waals surface area contributed by atoms with Crippen molar-refractivity contribution in [2.45, 2.75) is 32.9 Å². The molecule has 2 heterocycles. The fourth-order valence-corrected chi connectivity index (χ4v) is 2.40. The Kier molecular flexibility index (Phi) is 3.71. The Hall–Kier alpha value is -1.82. The lowest BCUT2D eigenvalue weighted by atomic mass is 10.2. The zero-order valence-electron chi connectivity index (χ0n) is 12.1. The molecule has 0 aliphatic heterocycles. The predicted octanol–water partition coefficient (Wildman–Crippen LogP) is 1.96. The summed E-state index contributed by atoms with van der Waals surface area (Å²) in [7, 11) is 1.89. The lowest BCUT2D eigenvalue weighted by Gasteiger charge is -2.10. The maximum absolute atomic E-state index is 12.4. The quantitative estimate of drug-likeness (QED) is 0.917. The van der Waals surface area contributed by atoms with Gasteiger partial charge in [-0.15, -0.1) is 0 Å². The molecule has 21 heavy (non-hydrogen) atoms. The van der Waals surface area contributed by atoms with Crippen LogP contribution in [0.1, 0.15) is 24.1 Å². The van der Waals surface area contributed by atoms with Gasteiger partial charge in [0.15, 0.2) is 0 Å². The van der Waals surface area contributed by atoms with Gasteiger partial charge in [-0.05, 0) is 25.7 Å². The first kappa shape index (κ1) is 14.1. The fourth-order valence-electron chi connectivity index (χ4n) is 2.20. The third kappa shape index (κ3) is 2.95. The van der Waals surface area contributed by atoms with E-state index in [1.807, 2.05) is 14.0 Å². The summed E-state index contributed by atoms with van der Waals surface area (Å²) in [5.41, 5.74) is 2.36. The molecule has 3 rings (SSSR count). The molecule has 2 aromatic rings. The second kappa shape index (κ2) is 5.52. The number of anilines is 1. The van der Waals surface area contributed by atoms with Crippen molar-refractivity contribution in [1.29, 1.82) is 0 Å². The zero-order valence-corrected chi connectivity index (χ0v) is 12.9. The van der Waals surface area contributed by atoms with Crippen molar-refractivity contribution >= 4 is 17.3 Å². The average Bonchev–Trinajstić information content (AvgIpc) is 3.22. The summed E-state index contributed by atoms with van der Waals surface area (Å²) >= 11 is 6.11. The molecule has 0 spiro atoms. The molecule has 0 saturated heterocycles. The van der Waals surface area contributed by atoms with Gasteiger partial charge in [-0.25, -0.2) is 4.68 Å². The maximum atomic E-state index is 12.4. The highest BCUT2D eigenvalue weighted by molar-refractivity contribution is 6.32. The van der Waals surface area contributed by atoms with Crippen LogP contribution in [0.5, 0.6) is 0 Å². The summed E-state index contributed by atoms with van der Waals surface area (Å²) in [5.74, 6) is 0.588. The Bertz CT molecular complexity index is 717. The first-order chi connectivity index (χ1) is 10.1. The second-order valence-electron chi connectivity index (χ2n) is 5.53. The molecule has 1 aliphatic carbocycles. The number of hydrogen-bond donors (Lipinski definition) is 1. The molecule has 112 valence electrons. The molecule has 2 aromatic heterocycles. The SMILES string of the molecule is Cc1c(CNc2c(Cl)cnn(CC3CC3)c2=O)cnn1C. The predicted molar refractivity (Wildman–Crippen MR) is 81.5 cm³/mol. The van der Waals surface area contributed by atoms with Crippen LogP contribution in [0.2, 0.25) is 5.02 Å². The van der Waals surface area contributed by atoms with Gasteiger partial charge in [-0.2, -0.15) is 10.2 Å². The molecular formula is C14H18ClN5O. The van der Waals surface area contributed by atoms with Crippen molar-refractivity contribution < 1.29 is 0 Å². The van der Waals surface area contributed by atoms with E-state index in [0.717, 1.165) is 11.3 Å². The molecule has 0 radical (unpaired) electrons. The first-order valence-electron chi connectivity index (χ1n) is 7.03. The highest BCUT2D eigenvalue weighted by atomic mass is 35.5. The number of nitrogens with one attached hydrogen (secondary N) is 1. The summed E-state index contributed by atoms with van der Waals surface area (Å²) in [6.45, 7) is 3.18. The van der Waals surface area contributed by atoms with Gasteiger partial charge in [0.2, 0.25) is 0 Å². The third-order valence-electron chi connectivity index (χ3n) is 3.92. The molecule has 0 amide bonds. The molecule has 1 fully saturated rings. The van der Waals surface area contributed by atoms with Gasteiger partial charge in [-0.1, -0.05) is 11.6 Å². The summed E-state index contributed by atoms with van der Waals surface area (Å²) in [5, 5.41) is 11.8. The van der Waals surface area contributed by atoms with Crippen LogP contribution >= 0.6 is 11.6 Å². The molecule has 1 saturated carbocycles. The van der Waals surface area contributed by atoms with Crippen LogP contribution in [0.15, 0.2) is 17.2 Å². The number of aromatic nitrogens is 4. The molecule has 0 atom stereocenters. The molecule has 6 nitrogen and oxygen atoms in total. The fraction of sp³-hybridized carbons (Fsp3) is 0.500. The Labute approximate surface area is 127 Å². The van der Waals surface area contributed by atoms with Crippen molar-refractivity contribution in [2.24, 2.45) is 13.0 Å². The molecule has 0 unspecified atom stereocenters. The van der Waals surface area contributed by atoms with Crippen molar-refractivity contribution in [3.05, 3.63) is 39.0 Å². The van der Waals surface area contributed by atoms with Crippen LogP contribution in [0.4, 0.5) is 5.69 Å². The minimum Gasteiger partial charge on any atom is -0.375 e. The first-order valence-corrected chi connectivity index (χ1v) is 7.41. The third-order valence-corrected chi connectivity index (χ3v) is 4.20. The largest absolute Gasteiger partial charge is 0.375 e. The van der Waals surface area contributed by atoms with Crippen LogP contribution in [0.3, 0.4) is 0 Å². The second-order valence-corrected chi connectivity index (χ2v) is 5.94. The monoisotopic (exact) mass is 307 g/mol.